The Morgan fingerprint density at radius 1 is 0.875 bits per heavy atom. The van der Waals surface area contributed by atoms with Gasteiger partial charge in [0.25, 0.3) is 10.0 Å². The van der Waals surface area contributed by atoms with Crippen molar-refractivity contribution in [2.45, 2.75) is 58.5 Å². The molecule has 3 aromatic carbocycles. The van der Waals surface area contributed by atoms with Crippen LogP contribution in [0, 0.1) is 20.8 Å². The van der Waals surface area contributed by atoms with Crippen molar-refractivity contribution in [2.24, 2.45) is 0 Å². The van der Waals surface area contributed by atoms with Gasteiger partial charge >= 0.3 is 0 Å². The molecule has 0 aromatic heterocycles. The van der Waals surface area contributed by atoms with Gasteiger partial charge in [-0.25, -0.2) is 8.42 Å². The fourth-order valence-corrected chi connectivity index (χ4v) is 6.37. The number of anilines is 1. The summed E-state index contributed by atoms with van der Waals surface area (Å²) in [5, 5.41) is 3.56. The third kappa shape index (κ3) is 7.56. The van der Waals surface area contributed by atoms with Gasteiger partial charge in [-0.1, -0.05) is 60.0 Å². The van der Waals surface area contributed by atoms with Gasteiger partial charge in [0.1, 0.15) is 12.6 Å². The third-order valence-electron chi connectivity index (χ3n) is 6.48. The van der Waals surface area contributed by atoms with Crippen LogP contribution in [0.15, 0.2) is 65.6 Å². The molecule has 0 radical (unpaired) electrons. The Morgan fingerprint density at radius 2 is 1.50 bits per heavy atom. The number of nitrogens with one attached hydrogen (secondary N) is 1. The van der Waals surface area contributed by atoms with E-state index in [0.29, 0.717) is 34.3 Å². The Hall–Kier alpha value is -3.07. The van der Waals surface area contributed by atoms with Crippen LogP contribution in [-0.4, -0.2) is 44.3 Å². The van der Waals surface area contributed by atoms with Gasteiger partial charge in [-0.15, -0.1) is 0 Å². The molecule has 1 N–H and O–H groups in total. The number of carbonyl (C=O) groups excluding carboxylic acids is 2. The van der Waals surface area contributed by atoms with Crippen LogP contribution < -0.4 is 9.62 Å². The summed E-state index contributed by atoms with van der Waals surface area (Å²) in [6.45, 7) is 9.06. The zero-order valence-corrected chi connectivity index (χ0v) is 25.7. The van der Waals surface area contributed by atoms with Crippen LogP contribution in [0.4, 0.5) is 5.69 Å². The quantitative estimate of drug-likeness (QED) is 0.289. The number of halogens is 2. The summed E-state index contributed by atoms with van der Waals surface area (Å²) >= 11 is 12.5. The predicted octanol–water partition coefficient (Wildman–Crippen LogP) is 6.06. The van der Waals surface area contributed by atoms with Gasteiger partial charge in [0.2, 0.25) is 11.8 Å². The Labute approximate surface area is 247 Å². The van der Waals surface area contributed by atoms with Crippen LogP contribution in [0.1, 0.15) is 42.5 Å². The lowest BCUT2D eigenvalue weighted by Gasteiger charge is -2.33. The number of hydrogen-bond donors (Lipinski definition) is 1. The molecule has 214 valence electrons. The van der Waals surface area contributed by atoms with E-state index in [2.05, 4.69) is 5.32 Å². The first-order valence-corrected chi connectivity index (χ1v) is 15.3. The minimum absolute atomic E-state index is 0.00423. The molecular weight excluding hydrogens is 569 g/mol. The zero-order chi connectivity index (χ0) is 29.6. The van der Waals surface area contributed by atoms with E-state index in [1.807, 2.05) is 26.8 Å². The summed E-state index contributed by atoms with van der Waals surface area (Å²) in [7, 11) is -4.14. The molecule has 0 unspecified atom stereocenters. The summed E-state index contributed by atoms with van der Waals surface area (Å²) in [4.78, 5) is 28.6. The number of benzene rings is 3. The van der Waals surface area contributed by atoms with E-state index in [1.165, 1.54) is 17.0 Å². The van der Waals surface area contributed by atoms with Gasteiger partial charge in [-0.3, -0.25) is 13.9 Å². The van der Waals surface area contributed by atoms with E-state index in [0.717, 1.165) is 21.0 Å². The molecule has 2 amide bonds. The van der Waals surface area contributed by atoms with Crippen LogP contribution in [0.5, 0.6) is 0 Å². The maximum atomic E-state index is 14.1. The highest BCUT2D eigenvalue weighted by Gasteiger charge is 2.34. The van der Waals surface area contributed by atoms with Crippen LogP contribution in [-0.2, 0) is 26.2 Å². The summed E-state index contributed by atoms with van der Waals surface area (Å²) in [5.41, 5.74) is 3.56. The number of amides is 2. The molecule has 7 nitrogen and oxygen atoms in total. The molecule has 40 heavy (non-hydrogen) atoms. The number of sulfonamides is 1. The molecule has 1 atom stereocenters. The number of rotatable bonds is 11. The first-order chi connectivity index (χ1) is 18.9. The number of nitrogens with zero attached hydrogens (tertiary/aromatic N) is 2. The second-order valence-electron chi connectivity index (χ2n) is 9.75. The van der Waals surface area contributed by atoms with Gasteiger partial charge in [0, 0.05) is 23.1 Å². The molecule has 3 rings (SSSR count). The highest BCUT2D eigenvalue weighted by Crippen LogP contribution is 2.28. The van der Waals surface area contributed by atoms with Gasteiger partial charge in [0.05, 0.1) is 10.6 Å². The fraction of sp³-hybridized carbons (Fsp3) is 0.333. The zero-order valence-electron chi connectivity index (χ0n) is 23.4. The lowest BCUT2D eigenvalue weighted by Crippen LogP contribution is -2.52. The maximum Gasteiger partial charge on any atom is 0.264 e. The summed E-state index contributed by atoms with van der Waals surface area (Å²) < 4.78 is 29.1. The normalized spacial score (nSPS) is 12.1. The van der Waals surface area contributed by atoms with Gasteiger partial charge < -0.3 is 10.2 Å². The second-order valence-corrected chi connectivity index (χ2v) is 12.5. The van der Waals surface area contributed by atoms with E-state index in [4.69, 9.17) is 23.2 Å². The largest absolute Gasteiger partial charge is 0.355 e. The van der Waals surface area contributed by atoms with E-state index in [1.54, 1.807) is 56.3 Å². The average molecular weight is 605 g/mol. The molecule has 0 aliphatic rings. The van der Waals surface area contributed by atoms with Gasteiger partial charge in [0.15, 0.2) is 0 Å². The molecule has 10 heteroatoms. The first-order valence-electron chi connectivity index (χ1n) is 13.1. The van der Waals surface area contributed by atoms with E-state index < -0.39 is 28.5 Å². The van der Waals surface area contributed by atoms with Crippen molar-refractivity contribution in [1.82, 2.24) is 10.2 Å². The summed E-state index contributed by atoms with van der Waals surface area (Å²) in [5.74, 6) is -0.873. The number of aryl methyl sites for hydroxylation is 3. The molecular formula is C30H35Cl2N3O4S. The molecule has 0 bridgehead atoms. The number of hydrogen-bond acceptors (Lipinski definition) is 4. The fourth-order valence-electron chi connectivity index (χ4n) is 4.51. The van der Waals surface area contributed by atoms with Gasteiger partial charge in [-0.2, -0.15) is 0 Å². The molecule has 0 saturated heterocycles. The Bertz CT molecular complexity index is 1460. The molecule has 0 spiro atoms. The van der Waals surface area contributed by atoms with Gasteiger partial charge in [-0.05, 0) is 87.2 Å². The van der Waals surface area contributed by atoms with Crippen molar-refractivity contribution < 1.29 is 18.0 Å². The SMILES string of the molecule is CCNC(=O)[C@@H](CC)N(Cc1ccc(Cl)cc1Cl)C(=O)CN(c1cc(C)cc(C)c1)S(=O)(=O)c1ccc(C)cc1. The van der Waals surface area contributed by atoms with E-state index in [9.17, 15) is 18.0 Å². The lowest BCUT2D eigenvalue weighted by atomic mass is 10.1. The van der Waals surface area contributed by atoms with Crippen molar-refractivity contribution in [1.29, 1.82) is 0 Å². The highest BCUT2D eigenvalue weighted by atomic mass is 35.5. The minimum Gasteiger partial charge on any atom is -0.355 e. The molecule has 0 heterocycles. The highest BCUT2D eigenvalue weighted by molar-refractivity contribution is 7.92. The van der Waals surface area contributed by atoms with E-state index >= 15 is 0 Å². The molecule has 0 aliphatic heterocycles. The Balaban J connectivity index is 2.11. The second kappa shape index (κ2) is 13.5. The topological polar surface area (TPSA) is 86.8 Å². The minimum atomic E-state index is -4.14. The Kier molecular flexibility index (Phi) is 10.6. The van der Waals surface area contributed by atoms with Crippen molar-refractivity contribution in [3.8, 4) is 0 Å². The number of likely N-dealkylation sites (N-methyl/N-ethyl adjacent to an activating group) is 1. The van der Waals surface area contributed by atoms with Crippen molar-refractivity contribution in [3.05, 3.63) is 93.0 Å². The van der Waals surface area contributed by atoms with Crippen LogP contribution in [0.25, 0.3) is 0 Å². The first kappa shape index (κ1) is 31.5. The third-order valence-corrected chi connectivity index (χ3v) is 8.85. The average Bonchev–Trinajstić information content (AvgIpc) is 2.88. The van der Waals surface area contributed by atoms with E-state index in [-0.39, 0.29) is 17.3 Å². The standard InChI is InChI=1S/C30H35Cl2N3O4S/c1-6-28(30(37)33-7-2)34(18-23-10-11-24(31)17-27(23)32)29(36)19-35(25-15-21(4)14-22(5)16-25)40(38,39)26-12-8-20(3)9-13-26/h8-17,28H,6-7,18-19H2,1-5H3,(H,33,37)/t28-/m1/s1. The van der Waals surface area contributed by atoms with Crippen molar-refractivity contribution >= 4 is 50.7 Å². The van der Waals surface area contributed by atoms with Crippen LogP contribution in [0.2, 0.25) is 10.0 Å². The van der Waals surface area contributed by atoms with Crippen LogP contribution in [0.3, 0.4) is 0 Å². The summed E-state index contributed by atoms with van der Waals surface area (Å²) in [6.07, 6.45) is 0.317. The van der Waals surface area contributed by atoms with Crippen molar-refractivity contribution in [2.75, 3.05) is 17.4 Å². The molecule has 0 saturated carbocycles. The van der Waals surface area contributed by atoms with Crippen molar-refractivity contribution in [3.63, 3.8) is 0 Å². The van der Waals surface area contributed by atoms with Crippen LogP contribution >= 0.6 is 23.2 Å². The smallest absolute Gasteiger partial charge is 0.264 e. The summed E-state index contributed by atoms with van der Waals surface area (Å²) in [6, 6.07) is 15.9. The molecule has 0 aliphatic carbocycles. The predicted molar refractivity (Wildman–Crippen MR) is 161 cm³/mol. The molecule has 3 aromatic rings. The monoisotopic (exact) mass is 603 g/mol. The lowest BCUT2D eigenvalue weighted by molar-refractivity contribution is -0.140. The number of carbonyl (C=O) groups is 2. The molecule has 0 fully saturated rings. The maximum absolute atomic E-state index is 14.1. The Morgan fingerprint density at radius 3 is 2.05 bits per heavy atom.